The topological polar surface area (TPSA) is 18.5 Å². The molecule has 5 rings (SSSR count). The van der Waals surface area contributed by atoms with Crippen LogP contribution in [0.3, 0.4) is 0 Å². The van der Waals surface area contributed by atoms with E-state index in [9.17, 15) is 0 Å². The van der Waals surface area contributed by atoms with E-state index in [2.05, 4.69) is 72.8 Å². The van der Waals surface area contributed by atoms with Crippen LogP contribution in [0.5, 0.6) is 5.75 Å². The van der Waals surface area contributed by atoms with Crippen LogP contribution >= 0.6 is 0 Å². The Balaban J connectivity index is 1.67. The van der Waals surface area contributed by atoms with Crippen molar-refractivity contribution < 1.29 is 9.47 Å². The molecule has 1 spiro atoms. The van der Waals surface area contributed by atoms with Gasteiger partial charge in [0.1, 0.15) is 5.75 Å². The molecule has 0 radical (unpaired) electrons. The zero-order chi connectivity index (χ0) is 16.0. The summed E-state index contributed by atoms with van der Waals surface area (Å²) in [6.07, 6.45) is 0.797. The maximum atomic E-state index is 6.44. The van der Waals surface area contributed by atoms with Gasteiger partial charge in [0, 0.05) is 23.5 Å². The van der Waals surface area contributed by atoms with Crippen molar-refractivity contribution in [2.45, 2.75) is 24.7 Å². The van der Waals surface area contributed by atoms with E-state index in [0.29, 0.717) is 6.61 Å². The van der Waals surface area contributed by atoms with Gasteiger partial charge in [-0.05, 0) is 17.2 Å². The van der Waals surface area contributed by atoms with Crippen molar-refractivity contribution in [2.75, 3.05) is 0 Å². The molecule has 0 N–H and O–H groups in total. The Bertz CT molecular complexity index is 887. The number of hydrogen-bond acceptors (Lipinski definition) is 2. The van der Waals surface area contributed by atoms with Gasteiger partial charge in [-0.15, -0.1) is 0 Å². The third-order valence-corrected chi connectivity index (χ3v) is 5.13. The second-order valence-electron chi connectivity index (χ2n) is 6.51. The van der Waals surface area contributed by atoms with E-state index in [-0.39, 0.29) is 5.92 Å². The molecule has 2 heteroatoms. The van der Waals surface area contributed by atoms with Crippen molar-refractivity contribution in [3.8, 4) is 5.75 Å². The van der Waals surface area contributed by atoms with E-state index >= 15 is 0 Å². The number of benzene rings is 3. The molecule has 0 aromatic heterocycles. The van der Waals surface area contributed by atoms with E-state index < -0.39 is 5.79 Å². The standard InChI is InChI=1S/C22H18O2/c1-2-8-16(9-3-1)19-14-22(24-21-13-7-5-11-18(19)21)20-12-6-4-10-17(20)15-23-22/h1-13,19H,14-15H2/t19-,22+/m0/s1. The number of para-hydroxylation sites is 1. The SMILES string of the molecule is c1ccc([C@@H]2C[C@@]3(OCc4ccccc43)Oc3ccccc32)cc1. The third kappa shape index (κ3) is 2.00. The van der Waals surface area contributed by atoms with E-state index in [4.69, 9.17) is 9.47 Å². The Labute approximate surface area is 141 Å². The third-order valence-electron chi connectivity index (χ3n) is 5.13. The van der Waals surface area contributed by atoms with Gasteiger partial charge in [0.15, 0.2) is 0 Å². The molecular formula is C22H18O2. The second-order valence-corrected chi connectivity index (χ2v) is 6.51. The maximum absolute atomic E-state index is 6.44. The Morgan fingerprint density at radius 1 is 0.792 bits per heavy atom. The molecule has 118 valence electrons. The molecule has 24 heavy (non-hydrogen) atoms. The first kappa shape index (κ1) is 13.8. The molecule has 2 aliphatic rings. The van der Waals surface area contributed by atoms with Gasteiger partial charge >= 0.3 is 0 Å². The van der Waals surface area contributed by atoms with E-state index in [1.54, 1.807) is 0 Å². The number of fused-ring (bicyclic) bond motifs is 3. The zero-order valence-corrected chi connectivity index (χ0v) is 13.3. The molecule has 0 saturated carbocycles. The Hall–Kier alpha value is -2.58. The van der Waals surface area contributed by atoms with Crippen LogP contribution in [0.15, 0.2) is 78.9 Å². The first-order valence-electron chi connectivity index (χ1n) is 8.41. The molecule has 2 heterocycles. The second kappa shape index (κ2) is 5.22. The molecular weight excluding hydrogens is 296 g/mol. The Kier molecular flexibility index (Phi) is 3.00. The minimum absolute atomic E-state index is 0.266. The van der Waals surface area contributed by atoms with Crippen molar-refractivity contribution in [1.29, 1.82) is 0 Å². The van der Waals surface area contributed by atoms with Crippen LogP contribution < -0.4 is 4.74 Å². The van der Waals surface area contributed by atoms with Crippen LogP contribution in [0.1, 0.15) is 34.6 Å². The van der Waals surface area contributed by atoms with E-state index in [1.807, 2.05) is 6.07 Å². The summed E-state index contributed by atoms with van der Waals surface area (Å²) >= 11 is 0. The van der Waals surface area contributed by atoms with Crippen LogP contribution in [-0.2, 0) is 17.1 Å². The predicted octanol–water partition coefficient (Wildman–Crippen LogP) is 4.98. The highest BCUT2D eigenvalue weighted by atomic mass is 16.7. The molecule has 0 unspecified atom stereocenters. The van der Waals surface area contributed by atoms with Crippen LogP contribution in [0.25, 0.3) is 0 Å². The van der Waals surface area contributed by atoms with Gasteiger partial charge < -0.3 is 9.47 Å². The van der Waals surface area contributed by atoms with Crippen LogP contribution in [-0.4, -0.2) is 0 Å². The van der Waals surface area contributed by atoms with Gasteiger partial charge in [0.25, 0.3) is 0 Å². The first-order chi connectivity index (χ1) is 11.9. The highest BCUT2D eigenvalue weighted by molar-refractivity contribution is 5.47. The average molecular weight is 314 g/mol. The fourth-order valence-corrected chi connectivity index (χ4v) is 3.99. The molecule has 3 aromatic carbocycles. The molecule has 3 aromatic rings. The molecule has 2 aliphatic heterocycles. The highest BCUT2D eigenvalue weighted by Crippen LogP contribution is 2.51. The molecule has 2 atom stereocenters. The normalized spacial score (nSPS) is 24.2. The van der Waals surface area contributed by atoms with Gasteiger partial charge in [-0.3, -0.25) is 0 Å². The molecule has 0 amide bonds. The largest absolute Gasteiger partial charge is 0.458 e. The van der Waals surface area contributed by atoms with Crippen molar-refractivity contribution in [3.63, 3.8) is 0 Å². The predicted molar refractivity (Wildman–Crippen MR) is 92.9 cm³/mol. The lowest BCUT2D eigenvalue weighted by Gasteiger charge is -2.39. The summed E-state index contributed by atoms with van der Waals surface area (Å²) < 4.78 is 12.7. The van der Waals surface area contributed by atoms with Gasteiger partial charge in [-0.2, -0.15) is 0 Å². The van der Waals surface area contributed by atoms with Crippen molar-refractivity contribution in [3.05, 3.63) is 101 Å². The minimum Gasteiger partial charge on any atom is -0.458 e. The lowest BCUT2D eigenvalue weighted by atomic mass is 9.81. The highest BCUT2D eigenvalue weighted by Gasteiger charge is 2.48. The molecule has 0 bridgehead atoms. The number of hydrogen-bond donors (Lipinski definition) is 0. The summed E-state index contributed by atoms with van der Waals surface area (Å²) in [7, 11) is 0. The van der Waals surface area contributed by atoms with Gasteiger partial charge in [-0.25, -0.2) is 0 Å². The summed E-state index contributed by atoms with van der Waals surface area (Å²) in [6, 6.07) is 27.4. The first-order valence-corrected chi connectivity index (χ1v) is 8.41. The number of ether oxygens (including phenoxy) is 2. The summed E-state index contributed by atoms with van der Waals surface area (Å²) in [6.45, 7) is 0.611. The lowest BCUT2D eigenvalue weighted by Crippen LogP contribution is -2.38. The maximum Gasteiger partial charge on any atom is 0.238 e. The molecule has 0 fully saturated rings. The van der Waals surface area contributed by atoms with Crippen molar-refractivity contribution >= 4 is 0 Å². The smallest absolute Gasteiger partial charge is 0.238 e. The van der Waals surface area contributed by atoms with Crippen LogP contribution in [0, 0.1) is 0 Å². The van der Waals surface area contributed by atoms with Crippen molar-refractivity contribution in [1.82, 2.24) is 0 Å². The number of rotatable bonds is 1. The summed E-state index contributed by atoms with van der Waals surface area (Å²) in [4.78, 5) is 0. The van der Waals surface area contributed by atoms with Crippen LogP contribution in [0.4, 0.5) is 0 Å². The fourth-order valence-electron chi connectivity index (χ4n) is 3.99. The van der Waals surface area contributed by atoms with Gasteiger partial charge in [0.2, 0.25) is 5.79 Å². The quantitative estimate of drug-likeness (QED) is 0.630. The molecule has 0 aliphatic carbocycles. The Morgan fingerprint density at radius 3 is 2.46 bits per heavy atom. The lowest BCUT2D eigenvalue weighted by molar-refractivity contribution is -0.195. The average Bonchev–Trinajstić information content (AvgIpc) is 3.00. The zero-order valence-electron chi connectivity index (χ0n) is 13.3. The fraction of sp³-hybridized carbons (Fsp3) is 0.182. The summed E-state index contributed by atoms with van der Waals surface area (Å²) in [5, 5.41) is 0. The summed E-state index contributed by atoms with van der Waals surface area (Å²) in [5.74, 6) is 0.516. The van der Waals surface area contributed by atoms with Crippen molar-refractivity contribution in [2.24, 2.45) is 0 Å². The van der Waals surface area contributed by atoms with E-state index in [0.717, 1.165) is 12.2 Å². The Morgan fingerprint density at radius 2 is 1.54 bits per heavy atom. The van der Waals surface area contributed by atoms with Gasteiger partial charge in [0.05, 0.1) is 6.61 Å². The summed E-state index contributed by atoms with van der Waals surface area (Å²) in [5.41, 5.74) is 4.94. The van der Waals surface area contributed by atoms with Crippen LogP contribution in [0.2, 0.25) is 0 Å². The monoisotopic (exact) mass is 314 g/mol. The van der Waals surface area contributed by atoms with E-state index in [1.165, 1.54) is 22.3 Å². The molecule has 0 saturated heterocycles. The molecule has 2 nitrogen and oxygen atoms in total. The van der Waals surface area contributed by atoms with Gasteiger partial charge in [-0.1, -0.05) is 72.8 Å². The minimum atomic E-state index is -0.675.